The Morgan fingerprint density at radius 3 is 2.05 bits per heavy atom. The molecule has 0 bridgehead atoms. The second kappa shape index (κ2) is 13.1. The van der Waals surface area contributed by atoms with Gasteiger partial charge in [0.2, 0.25) is 0 Å². The third kappa shape index (κ3) is 5.47. The molecule has 4 fully saturated rings. The van der Waals surface area contributed by atoms with Crippen LogP contribution >= 0.6 is 0 Å². The SMILES string of the molecule is CC(=O)c1cnn([C@H]2CC[C@@]3(C)[C@@H](CC[C@]4(C)[C@@H]3C(=O)C=C3[C@@H]5C[C@@](C)(C(=O)OC(c6ccccc6)c6ccccc6)CC[C@]5(C)CC[C@]34C)[C@]2(C)C(=O)O)c1. The lowest BCUT2D eigenvalue weighted by atomic mass is 9.33. The minimum Gasteiger partial charge on any atom is -0.481 e. The average Bonchev–Trinajstić information content (AvgIpc) is 3.66. The second-order valence-electron chi connectivity index (χ2n) is 19.8. The van der Waals surface area contributed by atoms with Crippen LogP contribution < -0.4 is 0 Å². The number of ether oxygens (including phenoxy) is 1. The van der Waals surface area contributed by atoms with Gasteiger partial charge in [0.1, 0.15) is 0 Å². The van der Waals surface area contributed by atoms with Gasteiger partial charge in [0.25, 0.3) is 0 Å². The van der Waals surface area contributed by atoms with E-state index in [0.29, 0.717) is 31.2 Å². The van der Waals surface area contributed by atoms with Crippen molar-refractivity contribution in [1.29, 1.82) is 0 Å². The molecule has 0 saturated heterocycles. The molecule has 2 aromatic carbocycles. The van der Waals surface area contributed by atoms with Gasteiger partial charge < -0.3 is 9.84 Å². The summed E-state index contributed by atoms with van der Waals surface area (Å²) >= 11 is 0. The maximum atomic E-state index is 15.1. The van der Waals surface area contributed by atoms with E-state index in [9.17, 15) is 19.5 Å². The van der Waals surface area contributed by atoms with Gasteiger partial charge in [-0.3, -0.25) is 23.9 Å². The highest BCUT2D eigenvalue weighted by molar-refractivity contribution is 5.96. The number of Topliss-reactive ketones (excluding diaryl/α,β-unsaturated/α-hetero) is 1. The van der Waals surface area contributed by atoms with Gasteiger partial charge >= 0.3 is 11.9 Å². The average molecular weight is 759 g/mol. The van der Waals surface area contributed by atoms with Crippen molar-refractivity contribution in [2.24, 2.45) is 50.2 Å². The third-order valence-electron chi connectivity index (χ3n) is 16.9. The van der Waals surface area contributed by atoms with E-state index >= 15 is 4.79 Å². The molecule has 8 nitrogen and oxygen atoms in total. The van der Waals surface area contributed by atoms with Crippen molar-refractivity contribution in [1.82, 2.24) is 9.78 Å². The fraction of sp³-hybridized carbons (Fsp3) is 0.562. The Bertz CT molecular complexity index is 2070. The normalized spacial score (nSPS) is 39.0. The van der Waals surface area contributed by atoms with Crippen molar-refractivity contribution in [2.75, 3.05) is 0 Å². The van der Waals surface area contributed by atoms with Gasteiger partial charge in [-0.2, -0.15) is 5.10 Å². The smallest absolute Gasteiger partial charge is 0.312 e. The van der Waals surface area contributed by atoms with Gasteiger partial charge in [-0.25, -0.2) is 0 Å². The number of carbonyl (C=O) groups excluding carboxylic acids is 3. The molecule has 0 spiro atoms. The number of aromatic nitrogens is 2. The zero-order valence-corrected chi connectivity index (χ0v) is 34.1. The molecule has 56 heavy (non-hydrogen) atoms. The Kier molecular flexibility index (Phi) is 9.02. The summed E-state index contributed by atoms with van der Waals surface area (Å²) < 4.78 is 8.24. The molecule has 5 aliphatic carbocycles. The first-order valence-electron chi connectivity index (χ1n) is 20.8. The quantitative estimate of drug-likeness (QED) is 0.188. The number of esters is 1. The summed E-state index contributed by atoms with van der Waals surface area (Å²) in [5, 5.41) is 15.6. The van der Waals surface area contributed by atoms with E-state index in [-0.39, 0.29) is 51.5 Å². The Morgan fingerprint density at radius 2 is 1.46 bits per heavy atom. The molecule has 1 N–H and O–H groups in total. The Hall–Kier alpha value is -4.33. The van der Waals surface area contributed by atoms with E-state index in [1.54, 1.807) is 10.9 Å². The first-order chi connectivity index (χ1) is 26.4. The Labute approximate surface area is 331 Å². The molecule has 3 aromatic rings. The van der Waals surface area contributed by atoms with E-state index in [1.807, 2.05) is 73.7 Å². The number of allylic oxidation sites excluding steroid dienone is 2. The maximum absolute atomic E-state index is 15.1. The van der Waals surface area contributed by atoms with Crippen LogP contribution in [0.15, 0.2) is 84.7 Å². The summed E-state index contributed by atoms with van der Waals surface area (Å²) in [5.74, 6) is -1.62. The summed E-state index contributed by atoms with van der Waals surface area (Å²) in [6, 6.07) is 19.4. The lowest BCUT2D eigenvalue weighted by molar-refractivity contribution is -0.205. The second-order valence-corrected chi connectivity index (χ2v) is 19.8. The summed E-state index contributed by atoms with van der Waals surface area (Å²) in [4.78, 5) is 55.3. The number of benzene rings is 2. The van der Waals surface area contributed by atoms with Crippen molar-refractivity contribution in [3.05, 3.63) is 101 Å². The van der Waals surface area contributed by atoms with Crippen LogP contribution in [0.4, 0.5) is 0 Å². The number of rotatable bonds is 7. The monoisotopic (exact) mass is 758 g/mol. The molecule has 10 atom stereocenters. The van der Waals surface area contributed by atoms with Gasteiger partial charge in [-0.1, -0.05) is 93.9 Å². The van der Waals surface area contributed by atoms with Gasteiger partial charge in [0.05, 0.1) is 28.6 Å². The fourth-order valence-corrected chi connectivity index (χ4v) is 13.3. The van der Waals surface area contributed by atoms with E-state index in [2.05, 4.69) is 39.7 Å². The van der Waals surface area contributed by atoms with Crippen LogP contribution in [0.3, 0.4) is 0 Å². The minimum atomic E-state index is -1.19. The molecule has 1 aromatic heterocycles. The first kappa shape index (κ1) is 38.5. The van der Waals surface area contributed by atoms with Crippen LogP contribution in [-0.2, 0) is 19.1 Å². The number of carbonyl (C=O) groups is 4. The summed E-state index contributed by atoms with van der Waals surface area (Å²) in [6.45, 7) is 14.7. The van der Waals surface area contributed by atoms with E-state index < -0.39 is 34.4 Å². The lowest BCUT2D eigenvalue weighted by Gasteiger charge is -2.70. The molecule has 0 aliphatic heterocycles. The summed E-state index contributed by atoms with van der Waals surface area (Å²) in [7, 11) is 0. The van der Waals surface area contributed by atoms with Crippen LogP contribution in [0.25, 0.3) is 0 Å². The van der Waals surface area contributed by atoms with Crippen LogP contribution in [0.2, 0.25) is 0 Å². The van der Waals surface area contributed by atoms with E-state index in [1.165, 1.54) is 18.7 Å². The zero-order chi connectivity index (χ0) is 40.1. The number of carboxylic acids is 1. The lowest BCUT2D eigenvalue weighted by Crippen LogP contribution is -2.67. The van der Waals surface area contributed by atoms with Gasteiger partial charge in [-0.15, -0.1) is 0 Å². The molecular formula is C48H58N2O6. The van der Waals surface area contributed by atoms with Crippen LogP contribution in [0, 0.1) is 50.2 Å². The Balaban J connectivity index is 1.13. The van der Waals surface area contributed by atoms with Crippen LogP contribution in [-0.4, -0.2) is 38.4 Å². The third-order valence-corrected chi connectivity index (χ3v) is 16.9. The molecule has 8 rings (SSSR count). The number of carboxylic acid groups (broad SMARTS) is 1. The van der Waals surface area contributed by atoms with Crippen LogP contribution in [0.1, 0.15) is 140 Å². The molecule has 0 amide bonds. The molecule has 1 heterocycles. The molecule has 0 unspecified atom stereocenters. The van der Waals surface area contributed by atoms with Gasteiger partial charge in [0, 0.05) is 12.1 Å². The van der Waals surface area contributed by atoms with Crippen molar-refractivity contribution >= 4 is 23.5 Å². The van der Waals surface area contributed by atoms with E-state index in [4.69, 9.17) is 4.74 Å². The minimum absolute atomic E-state index is 0.0435. The largest absolute Gasteiger partial charge is 0.481 e. The number of fused-ring (bicyclic) bond motifs is 7. The maximum Gasteiger partial charge on any atom is 0.312 e. The number of aliphatic carboxylic acids is 1. The number of hydrogen-bond acceptors (Lipinski definition) is 6. The predicted octanol–water partition coefficient (Wildman–Crippen LogP) is 10.0. The molecular weight excluding hydrogens is 701 g/mol. The van der Waals surface area contributed by atoms with Crippen molar-refractivity contribution in [3.63, 3.8) is 0 Å². The number of nitrogens with zero attached hydrogens (tertiary/aromatic N) is 2. The topological polar surface area (TPSA) is 116 Å². The first-order valence-corrected chi connectivity index (χ1v) is 20.8. The molecule has 4 saturated carbocycles. The highest BCUT2D eigenvalue weighted by Crippen LogP contribution is 2.76. The highest BCUT2D eigenvalue weighted by atomic mass is 16.5. The number of hydrogen-bond donors (Lipinski definition) is 1. The predicted molar refractivity (Wildman–Crippen MR) is 213 cm³/mol. The summed E-state index contributed by atoms with van der Waals surface area (Å²) in [6.07, 6.45) is 11.6. The van der Waals surface area contributed by atoms with Crippen LogP contribution in [0.5, 0.6) is 0 Å². The Morgan fingerprint density at radius 1 is 0.839 bits per heavy atom. The van der Waals surface area contributed by atoms with Gasteiger partial charge in [-0.05, 0) is 129 Å². The zero-order valence-electron chi connectivity index (χ0n) is 34.1. The highest BCUT2D eigenvalue weighted by Gasteiger charge is 2.72. The molecule has 0 radical (unpaired) electrons. The molecule has 8 heteroatoms. The van der Waals surface area contributed by atoms with Crippen molar-refractivity contribution < 1.29 is 29.0 Å². The van der Waals surface area contributed by atoms with Crippen molar-refractivity contribution in [2.45, 2.75) is 118 Å². The molecule has 296 valence electrons. The summed E-state index contributed by atoms with van der Waals surface area (Å²) in [5.41, 5.74) is 0.339. The fourth-order valence-electron chi connectivity index (χ4n) is 13.3. The number of ketones is 2. The van der Waals surface area contributed by atoms with Crippen molar-refractivity contribution in [3.8, 4) is 0 Å². The van der Waals surface area contributed by atoms with E-state index in [0.717, 1.165) is 43.2 Å². The molecule has 5 aliphatic rings. The standard InChI is InChI=1S/C48H58N2O6/c1-30(51)33-28-49-50(29-33)38-19-20-45(4)37(48(38,7)41(53)54)18-21-47(6)40(45)36(52)26-34-35-27-44(3,23-22-43(35,2)24-25-46(34,47)5)42(55)56-39(31-14-10-8-11-15-31)32-16-12-9-13-17-32/h8-17,26,28-29,35,37-40H,18-25,27H2,1-7H3,(H,53,54)/t35-,37+,38-,40+,43+,44-,45-,46+,47+,48-/m0/s1. The van der Waals surface area contributed by atoms with Gasteiger partial charge in [0.15, 0.2) is 17.7 Å².